The third-order valence-corrected chi connectivity index (χ3v) is 3.91. The van der Waals surface area contributed by atoms with Gasteiger partial charge in [-0.15, -0.1) is 0 Å². The van der Waals surface area contributed by atoms with Crippen LogP contribution in [0.25, 0.3) is 0 Å². The Kier molecular flexibility index (Phi) is 6.81. The van der Waals surface area contributed by atoms with E-state index in [2.05, 4.69) is 0 Å². The van der Waals surface area contributed by atoms with E-state index in [1.165, 1.54) is 6.07 Å². The monoisotopic (exact) mass is 378 g/mol. The van der Waals surface area contributed by atoms with Crippen molar-refractivity contribution in [2.45, 2.75) is 26.7 Å². The van der Waals surface area contributed by atoms with Crippen molar-refractivity contribution in [3.05, 3.63) is 41.3 Å². The molecule has 1 aromatic rings. The largest absolute Gasteiger partial charge is 0.481 e. The van der Waals surface area contributed by atoms with Gasteiger partial charge in [0.1, 0.15) is 11.3 Å². The van der Waals surface area contributed by atoms with Crippen LogP contribution in [0.2, 0.25) is 0 Å². The molecule has 8 heteroatoms. The van der Waals surface area contributed by atoms with Crippen LogP contribution in [-0.2, 0) is 28.6 Å². The summed E-state index contributed by atoms with van der Waals surface area (Å²) in [6, 6.07) is 6.43. The molecule has 1 unspecified atom stereocenters. The number of para-hydroxylation sites is 1. The van der Waals surface area contributed by atoms with Crippen LogP contribution in [0.15, 0.2) is 35.8 Å². The van der Waals surface area contributed by atoms with E-state index in [0.717, 1.165) is 0 Å². The summed E-state index contributed by atoms with van der Waals surface area (Å²) in [5, 5.41) is 10.3. The number of carbonyl (C=O) groups excluding carboxylic acids is 3. The van der Waals surface area contributed by atoms with Crippen molar-refractivity contribution in [3.63, 3.8) is 0 Å². The van der Waals surface area contributed by atoms with Crippen molar-refractivity contribution in [2.75, 3.05) is 19.8 Å². The summed E-state index contributed by atoms with van der Waals surface area (Å²) in [6.45, 7) is 4.94. The molecule has 0 bridgehead atoms. The smallest absolute Gasteiger partial charge is 0.347 e. The molecule has 1 atom stereocenters. The van der Waals surface area contributed by atoms with Gasteiger partial charge in [0, 0.05) is 5.56 Å². The van der Waals surface area contributed by atoms with Crippen LogP contribution in [0.5, 0.6) is 5.75 Å². The van der Waals surface area contributed by atoms with Gasteiger partial charge in [0.15, 0.2) is 5.92 Å². The molecule has 0 saturated heterocycles. The highest BCUT2D eigenvalue weighted by Gasteiger charge is 2.48. The molecule has 1 aliphatic rings. The van der Waals surface area contributed by atoms with Crippen LogP contribution in [0.4, 0.5) is 0 Å². The number of hydrogen-bond acceptors (Lipinski definition) is 8. The molecule has 0 radical (unpaired) electrons. The number of ether oxygens (including phenoxy) is 4. The molecule has 146 valence electrons. The Morgan fingerprint density at radius 2 is 1.59 bits per heavy atom. The Morgan fingerprint density at radius 1 is 1.04 bits per heavy atom. The maximum atomic E-state index is 12.6. The van der Waals surface area contributed by atoms with Gasteiger partial charge in [0.25, 0.3) is 5.95 Å². The van der Waals surface area contributed by atoms with E-state index in [9.17, 15) is 19.5 Å². The van der Waals surface area contributed by atoms with Crippen LogP contribution in [0.3, 0.4) is 0 Å². The second kappa shape index (κ2) is 9.07. The number of aliphatic hydroxyl groups excluding tert-OH is 1. The van der Waals surface area contributed by atoms with Gasteiger partial charge in [-0.25, -0.2) is 4.79 Å². The zero-order valence-electron chi connectivity index (χ0n) is 15.4. The highest BCUT2D eigenvalue weighted by atomic mass is 16.6. The number of carbonyl (C=O) groups is 3. The van der Waals surface area contributed by atoms with E-state index in [1.54, 1.807) is 39.0 Å². The first-order valence-corrected chi connectivity index (χ1v) is 8.66. The maximum Gasteiger partial charge on any atom is 0.347 e. The lowest BCUT2D eigenvalue weighted by Crippen LogP contribution is -2.39. The van der Waals surface area contributed by atoms with Gasteiger partial charge in [0.2, 0.25) is 0 Å². The topological polar surface area (TPSA) is 108 Å². The first-order chi connectivity index (χ1) is 13.0. The van der Waals surface area contributed by atoms with Crippen molar-refractivity contribution >= 4 is 17.9 Å². The van der Waals surface area contributed by atoms with E-state index < -0.39 is 35.7 Å². The molecular formula is C19H22O8. The predicted octanol–water partition coefficient (Wildman–Crippen LogP) is 2.24. The molecule has 0 saturated carbocycles. The fraction of sp³-hybridized carbons (Fsp3) is 0.421. The van der Waals surface area contributed by atoms with Crippen LogP contribution < -0.4 is 4.74 Å². The average molecular weight is 378 g/mol. The van der Waals surface area contributed by atoms with Crippen LogP contribution in [0, 0.1) is 5.92 Å². The SMILES string of the molecule is CCOC(=O)C(C(=O)OCC)C1/C(=C(\O)OCC)C(=O)Oc2ccccc21. The molecule has 0 amide bonds. The van der Waals surface area contributed by atoms with Gasteiger partial charge in [-0.05, 0) is 26.8 Å². The van der Waals surface area contributed by atoms with Crippen LogP contribution in [-0.4, -0.2) is 42.8 Å². The second-order valence-corrected chi connectivity index (χ2v) is 5.54. The number of fused-ring (bicyclic) bond motifs is 1. The predicted molar refractivity (Wildman–Crippen MR) is 92.9 cm³/mol. The van der Waals surface area contributed by atoms with Crippen LogP contribution in [0.1, 0.15) is 32.3 Å². The third kappa shape index (κ3) is 4.21. The first-order valence-electron chi connectivity index (χ1n) is 8.66. The fourth-order valence-electron chi connectivity index (χ4n) is 2.88. The van der Waals surface area contributed by atoms with Crippen LogP contribution >= 0.6 is 0 Å². The van der Waals surface area contributed by atoms with E-state index in [0.29, 0.717) is 5.56 Å². The highest BCUT2D eigenvalue weighted by molar-refractivity contribution is 6.02. The molecule has 2 rings (SSSR count). The van der Waals surface area contributed by atoms with E-state index in [-0.39, 0.29) is 31.1 Å². The van der Waals surface area contributed by atoms with Gasteiger partial charge >= 0.3 is 17.9 Å². The molecule has 0 fully saturated rings. The normalized spacial score (nSPS) is 17.6. The molecule has 1 N–H and O–H groups in total. The van der Waals surface area contributed by atoms with E-state index in [1.807, 2.05) is 0 Å². The molecule has 8 nitrogen and oxygen atoms in total. The van der Waals surface area contributed by atoms with Crippen molar-refractivity contribution in [1.29, 1.82) is 0 Å². The molecule has 27 heavy (non-hydrogen) atoms. The van der Waals surface area contributed by atoms with Crippen molar-refractivity contribution in [3.8, 4) is 5.75 Å². The van der Waals surface area contributed by atoms with Gasteiger partial charge in [-0.2, -0.15) is 0 Å². The second-order valence-electron chi connectivity index (χ2n) is 5.54. The number of esters is 3. The van der Waals surface area contributed by atoms with Gasteiger partial charge < -0.3 is 24.1 Å². The summed E-state index contributed by atoms with van der Waals surface area (Å²) >= 11 is 0. The Morgan fingerprint density at radius 3 is 2.15 bits per heavy atom. The van der Waals surface area contributed by atoms with Gasteiger partial charge in [-0.1, -0.05) is 18.2 Å². The maximum absolute atomic E-state index is 12.6. The quantitative estimate of drug-likeness (QED) is 0.253. The lowest BCUT2D eigenvalue weighted by atomic mass is 9.78. The zero-order chi connectivity index (χ0) is 20.0. The number of rotatable bonds is 7. The van der Waals surface area contributed by atoms with Crippen molar-refractivity contribution in [1.82, 2.24) is 0 Å². The summed E-state index contributed by atoms with van der Waals surface area (Å²) in [5.74, 6) is -5.86. The molecule has 1 heterocycles. The van der Waals surface area contributed by atoms with E-state index >= 15 is 0 Å². The summed E-state index contributed by atoms with van der Waals surface area (Å²) < 4.78 is 20.3. The minimum atomic E-state index is -1.50. The minimum absolute atomic E-state index is 0.0318. The van der Waals surface area contributed by atoms with Crippen molar-refractivity contribution in [2.24, 2.45) is 5.92 Å². The number of benzene rings is 1. The summed E-state index contributed by atoms with van der Waals surface area (Å²) in [5.41, 5.74) is 0.0334. The highest BCUT2D eigenvalue weighted by Crippen LogP contribution is 2.44. The zero-order valence-corrected chi connectivity index (χ0v) is 15.4. The summed E-state index contributed by atoms with van der Waals surface area (Å²) in [4.78, 5) is 37.7. The molecule has 0 aliphatic carbocycles. The van der Waals surface area contributed by atoms with Gasteiger partial charge in [-0.3, -0.25) is 9.59 Å². The Bertz CT molecular complexity index is 734. The Balaban J connectivity index is 2.68. The van der Waals surface area contributed by atoms with E-state index in [4.69, 9.17) is 18.9 Å². The third-order valence-electron chi connectivity index (χ3n) is 3.91. The fourth-order valence-corrected chi connectivity index (χ4v) is 2.88. The minimum Gasteiger partial charge on any atom is -0.481 e. The standard InChI is InChI=1S/C19H22O8/c1-4-24-16(20)14(17(21)25-5-2)13-11-9-7-8-10-12(11)27-19(23)15(13)18(22)26-6-3/h7-10,13-14,22H,4-6H2,1-3H3/b18-15-. The number of aliphatic hydroxyl groups is 1. The first kappa shape index (κ1) is 20.3. The summed E-state index contributed by atoms with van der Waals surface area (Å²) in [7, 11) is 0. The lowest BCUT2D eigenvalue weighted by molar-refractivity contribution is -0.162. The molecular weight excluding hydrogens is 356 g/mol. The Hall–Kier alpha value is -3.03. The molecule has 0 aromatic heterocycles. The van der Waals surface area contributed by atoms with Crippen molar-refractivity contribution < 1.29 is 38.4 Å². The molecule has 1 aromatic carbocycles. The summed E-state index contributed by atoms with van der Waals surface area (Å²) in [6.07, 6.45) is 0. The molecule has 0 spiro atoms. The van der Waals surface area contributed by atoms with Gasteiger partial charge in [0.05, 0.1) is 25.7 Å². The lowest BCUT2D eigenvalue weighted by Gasteiger charge is -2.30. The molecule has 1 aliphatic heterocycles. The number of hydrogen-bond donors (Lipinski definition) is 1. The average Bonchev–Trinajstić information content (AvgIpc) is 2.62. The Labute approximate surface area is 156 Å².